The van der Waals surface area contributed by atoms with Crippen LogP contribution in [-0.4, -0.2) is 73.5 Å². The van der Waals surface area contributed by atoms with Crippen molar-refractivity contribution in [1.82, 2.24) is 15.0 Å². The molecule has 0 spiro atoms. The largest absolute Gasteiger partial charge is 0.465 e. The molecule has 13 nitrogen and oxygen atoms in total. The molecule has 200 valence electrons. The van der Waals surface area contributed by atoms with Gasteiger partial charge in [0.05, 0.1) is 20.8 Å². The van der Waals surface area contributed by atoms with E-state index in [2.05, 4.69) is 15.0 Å². The Bertz CT molecular complexity index is 1220. The quantitative estimate of drug-likeness (QED) is 0.356. The number of carbonyl (C=O) groups excluding carboxylic acids is 2. The van der Waals surface area contributed by atoms with Crippen molar-refractivity contribution < 1.29 is 47.5 Å². The van der Waals surface area contributed by atoms with Crippen molar-refractivity contribution in [2.75, 3.05) is 34.5 Å². The van der Waals surface area contributed by atoms with E-state index in [-0.39, 0.29) is 53.9 Å². The fourth-order valence-electron chi connectivity index (χ4n) is 3.31. The van der Waals surface area contributed by atoms with E-state index in [9.17, 15) is 9.59 Å². The predicted octanol–water partition coefficient (Wildman–Crippen LogP) is 3.14. The Balaban J connectivity index is 1.63. The number of carbonyl (C=O) groups is 2. The minimum atomic E-state index is -1.19. The first-order valence-corrected chi connectivity index (χ1v) is 11.3. The molecular weight excluding hydrogens is 502 g/mol. The predicted molar refractivity (Wildman–Crippen MR) is 127 cm³/mol. The van der Waals surface area contributed by atoms with Crippen molar-refractivity contribution in [2.24, 2.45) is 0 Å². The van der Waals surface area contributed by atoms with E-state index >= 15 is 0 Å². The smallest absolute Gasteiger partial charge is 0.341 e. The summed E-state index contributed by atoms with van der Waals surface area (Å²) in [6, 6.07) is 12.1. The summed E-state index contributed by atoms with van der Waals surface area (Å²) >= 11 is 0. The lowest BCUT2D eigenvalue weighted by Gasteiger charge is -2.20. The molecule has 0 saturated carbocycles. The first kappa shape index (κ1) is 26.7. The van der Waals surface area contributed by atoms with Gasteiger partial charge in [0, 0.05) is 14.0 Å². The molecule has 2 unspecified atom stereocenters. The molecule has 13 heteroatoms. The lowest BCUT2D eigenvalue weighted by molar-refractivity contribution is -0.314. The lowest BCUT2D eigenvalue weighted by Crippen LogP contribution is -2.30. The number of methoxy groups -OCH3 is 3. The minimum Gasteiger partial charge on any atom is -0.465 e. The van der Waals surface area contributed by atoms with Gasteiger partial charge < -0.3 is 37.9 Å². The standard InChI is InChI=1S/C25H25N3O10/c1-25(33-4)35-14-15(38-25)13-34-22-26-23(36-18-11-7-5-9-16(18)20(29)31-2)28-24(27-22)37-19-12-8-6-10-17(19)21(30)32-3/h5-12,15H,13-14H2,1-4H3. The Labute approximate surface area is 217 Å². The molecule has 0 N–H and O–H groups in total. The number of hydrogen-bond acceptors (Lipinski definition) is 13. The van der Waals surface area contributed by atoms with Gasteiger partial charge in [0.2, 0.25) is 0 Å². The summed E-state index contributed by atoms with van der Waals surface area (Å²) in [5.41, 5.74) is 0.290. The van der Waals surface area contributed by atoms with Crippen LogP contribution in [0.15, 0.2) is 48.5 Å². The van der Waals surface area contributed by atoms with Gasteiger partial charge in [0.15, 0.2) is 0 Å². The number of para-hydroxylation sites is 2. The fourth-order valence-corrected chi connectivity index (χ4v) is 3.31. The molecule has 3 aromatic rings. The molecule has 2 aromatic carbocycles. The number of esters is 2. The van der Waals surface area contributed by atoms with Gasteiger partial charge in [-0.2, -0.15) is 0 Å². The summed E-state index contributed by atoms with van der Waals surface area (Å²) in [5.74, 6) is -2.17. The summed E-state index contributed by atoms with van der Waals surface area (Å²) < 4.78 is 43.2. The van der Waals surface area contributed by atoms with Crippen LogP contribution in [0.3, 0.4) is 0 Å². The summed E-state index contributed by atoms with van der Waals surface area (Å²) in [6.45, 7) is 1.84. The molecule has 0 bridgehead atoms. The van der Waals surface area contributed by atoms with Crippen LogP contribution in [0.4, 0.5) is 0 Å². The van der Waals surface area contributed by atoms with Gasteiger partial charge in [0.25, 0.3) is 5.97 Å². The lowest BCUT2D eigenvalue weighted by atomic mass is 10.2. The Kier molecular flexibility index (Phi) is 8.31. The Morgan fingerprint density at radius 2 is 1.34 bits per heavy atom. The normalized spacial score (nSPS) is 18.5. The molecule has 0 amide bonds. The monoisotopic (exact) mass is 527 g/mol. The van der Waals surface area contributed by atoms with Gasteiger partial charge in [0.1, 0.15) is 35.3 Å². The Hall–Kier alpha value is -4.33. The highest BCUT2D eigenvalue weighted by Gasteiger charge is 2.38. The molecule has 0 radical (unpaired) electrons. The number of ether oxygens (including phenoxy) is 8. The third-order valence-electron chi connectivity index (χ3n) is 5.24. The van der Waals surface area contributed by atoms with Crippen LogP contribution in [0, 0.1) is 0 Å². The van der Waals surface area contributed by atoms with E-state index in [0.717, 1.165) is 0 Å². The van der Waals surface area contributed by atoms with Crippen LogP contribution in [0.25, 0.3) is 0 Å². The molecule has 2 atom stereocenters. The fraction of sp³-hybridized carbons (Fsp3) is 0.320. The van der Waals surface area contributed by atoms with Crippen LogP contribution < -0.4 is 14.2 Å². The average molecular weight is 527 g/mol. The van der Waals surface area contributed by atoms with Gasteiger partial charge in [-0.05, 0) is 24.3 Å². The summed E-state index contributed by atoms with van der Waals surface area (Å²) in [5, 5.41) is 0. The third kappa shape index (κ3) is 6.32. The first-order chi connectivity index (χ1) is 18.3. The zero-order valence-corrected chi connectivity index (χ0v) is 21.0. The van der Waals surface area contributed by atoms with Crippen molar-refractivity contribution in [3.8, 4) is 29.5 Å². The molecule has 0 aliphatic carbocycles. The summed E-state index contributed by atoms with van der Waals surface area (Å²) in [6.07, 6.45) is -0.481. The van der Waals surface area contributed by atoms with Gasteiger partial charge in [-0.15, -0.1) is 15.0 Å². The van der Waals surface area contributed by atoms with Gasteiger partial charge in [-0.3, -0.25) is 0 Å². The number of rotatable bonds is 10. The number of aromatic nitrogens is 3. The second-order valence-corrected chi connectivity index (χ2v) is 7.79. The van der Waals surface area contributed by atoms with Crippen LogP contribution in [-0.2, 0) is 23.7 Å². The number of benzene rings is 2. The van der Waals surface area contributed by atoms with Crippen molar-refractivity contribution in [3.05, 3.63) is 59.7 Å². The highest BCUT2D eigenvalue weighted by Crippen LogP contribution is 2.29. The molecule has 1 fully saturated rings. The van der Waals surface area contributed by atoms with Gasteiger partial charge in [-0.25, -0.2) is 9.59 Å². The maximum absolute atomic E-state index is 12.2. The second kappa shape index (κ2) is 11.8. The molecule has 4 rings (SSSR count). The zero-order chi connectivity index (χ0) is 27.1. The minimum absolute atomic E-state index is 0.000656. The Morgan fingerprint density at radius 3 is 1.82 bits per heavy atom. The third-order valence-corrected chi connectivity index (χ3v) is 5.24. The Morgan fingerprint density at radius 1 is 0.842 bits per heavy atom. The van der Waals surface area contributed by atoms with Crippen molar-refractivity contribution in [3.63, 3.8) is 0 Å². The SMILES string of the molecule is COC(=O)c1ccccc1Oc1nc(OCC2COC(C)(OC)O2)nc(Oc2ccccc2C(=O)OC)n1. The molecule has 1 aromatic heterocycles. The van der Waals surface area contributed by atoms with Crippen molar-refractivity contribution >= 4 is 11.9 Å². The van der Waals surface area contributed by atoms with Crippen LogP contribution in [0.2, 0.25) is 0 Å². The summed E-state index contributed by atoms with van der Waals surface area (Å²) in [7, 11) is 3.96. The van der Waals surface area contributed by atoms with Crippen molar-refractivity contribution in [2.45, 2.75) is 19.0 Å². The van der Waals surface area contributed by atoms with E-state index in [0.29, 0.717) is 0 Å². The van der Waals surface area contributed by atoms with E-state index in [1.165, 1.54) is 33.5 Å². The molecule has 1 aliphatic heterocycles. The topological polar surface area (TPSA) is 147 Å². The van der Waals surface area contributed by atoms with Crippen LogP contribution >= 0.6 is 0 Å². The summed E-state index contributed by atoms with van der Waals surface area (Å²) in [4.78, 5) is 36.8. The average Bonchev–Trinajstić information content (AvgIpc) is 3.33. The van der Waals surface area contributed by atoms with E-state index in [1.807, 2.05) is 0 Å². The molecule has 38 heavy (non-hydrogen) atoms. The maximum atomic E-state index is 12.2. The van der Waals surface area contributed by atoms with Gasteiger partial charge in [-0.1, -0.05) is 24.3 Å². The van der Waals surface area contributed by atoms with E-state index in [4.69, 9.17) is 37.9 Å². The first-order valence-electron chi connectivity index (χ1n) is 11.3. The highest BCUT2D eigenvalue weighted by atomic mass is 16.9. The van der Waals surface area contributed by atoms with Crippen LogP contribution in [0.1, 0.15) is 27.6 Å². The molecule has 1 aliphatic rings. The maximum Gasteiger partial charge on any atom is 0.341 e. The van der Waals surface area contributed by atoms with Gasteiger partial charge >= 0.3 is 30.0 Å². The molecular formula is C25H25N3O10. The highest BCUT2D eigenvalue weighted by molar-refractivity contribution is 5.93. The molecule has 1 saturated heterocycles. The van der Waals surface area contributed by atoms with Crippen LogP contribution in [0.5, 0.6) is 29.5 Å². The number of nitrogens with zero attached hydrogens (tertiary/aromatic N) is 3. The molecule has 2 heterocycles. The van der Waals surface area contributed by atoms with E-state index < -0.39 is 24.0 Å². The zero-order valence-electron chi connectivity index (χ0n) is 21.0. The van der Waals surface area contributed by atoms with Crippen molar-refractivity contribution in [1.29, 1.82) is 0 Å². The number of hydrogen-bond donors (Lipinski definition) is 0. The second-order valence-electron chi connectivity index (χ2n) is 7.79. The van der Waals surface area contributed by atoms with E-state index in [1.54, 1.807) is 43.3 Å².